The molecule has 0 saturated carbocycles. The van der Waals surface area contributed by atoms with E-state index in [0.29, 0.717) is 25.3 Å². The molecular formula is C16H26NO2P. The molecule has 0 aliphatic carbocycles. The Morgan fingerprint density at radius 2 is 1.60 bits per heavy atom. The molecule has 1 aromatic carbocycles. The fraction of sp³-hybridized carbons (Fsp3) is 0.625. The van der Waals surface area contributed by atoms with Crippen molar-refractivity contribution >= 4 is 19.4 Å². The van der Waals surface area contributed by atoms with Crippen LogP contribution in [0.15, 0.2) is 24.3 Å². The van der Waals surface area contributed by atoms with Crippen molar-refractivity contribution in [1.82, 2.24) is 0 Å². The maximum absolute atomic E-state index is 5.86. The van der Waals surface area contributed by atoms with Gasteiger partial charge in [-0.1, -0.05) is 12.1 Å². The van der Waals surface area contributed by atoms with Crippen LogP contribution in [0.25, 0.3) is 0 Å². The number of anilines is 1. The quantitative estimate of drug-likeness (QED) is 0.738. The molecule has 2 atom stereocenters. The lowest BCUT2D eigenvalue weighted by Crippen LogP contribution is -2.35. The Morgan fingerprint density at radius 1 is 1.05 bits per heavy atom. The summed E-state index contributed by atoms with van der Waals surface area (Å²) in [6.45, 7) is 10.0. The zero-order valence-electron chi connectivity index (χ0n) is 13.0. The summed E-state index contributed by atoms with van der Waals surface area (Å²) in [5.41, 5.74) is 1.29. The Hall–Kier alpha value is -0.630. The van der Waals surface area contributed by atoms with E-state index in [1.165, 1.54) is 23.8 Å². The molecule has 3 nitrogen and oxygen atoms in total. The smallest absolute Gasteiger partial charge is 0.207 e. The fourth-order valence-electron chi connectivity index (χ4n) is 2.92. The van der Waals surface area contributed by atoms with Gasteiger partial charge in [0.1, 0.15) is 0 Å². The predicted molar refractivity (Wildman–Crippen MR) is 86.9 cm³/mol. The van der Waals surface area contributed by atoms with Gasteiger partial charge in [-0.2, -0.15) is 0 Å². The van der Waals surface area contributed by atoms with Crippen molar-refractivity contribution in [3.63, 3.8) is 0 Å². The molecular weight excluding hydrogens is 269 g/mol. The monoisotopic (exact) mass is 295 g/mol. The van der Waals surface area contributed by atoms with Crippen LogP contribution in [0.3, 0.4) is 0 Å². The summed E-state index contributed by atoms with van der Waals surface area (Å²) < 4.78 is 11.7. The SMILES string of the molecule is CCOP(OCC)c1ccccc1N1[C@H](C)CC[C@H]1C. The number of benzene rings is 1. The topological polar surface area (TPSA) is 21.7 Å². The van der Waals surface area contributed by atoms with Crippen LogP contribution < -0.4 is 10.2 Å². The van der Waals surface area contributed by atoms with Crippen LogP contribution in [-0.4, -0.2) is 25.3 Å². The van der Waals surface area contributed by atoms with Crippen LogP contribution in [0.2, 0.25) is 0 Å². The molecule has 112 valence electrons. The molecule has 1 saturated heterocycles. The van der Waals surface area contributed by atoms with Crippen molar-refractivity contribution < 1.29 is 9.05 Å². The van der Waals surface area contributed by atoms with Gasteiger partial charge in [0.05, 0.1) is 18.5 Å². The zero-order valence-corrected chi connectivity index (χ0v) is 13.9. The molecule has 0 unspecified atom stereocenters. The largest absolute Gasteiger partial charge is 0.365 e. The Labute approximate surface area is 124 Å². The van der Waals surface area contributed by atoms with Crippen LogP contribution in [0.4, 0.5) is 5.69 Å². The van der Waals surface area contributed by atoms with Gasteiger partial charge in [0.2, 0.25) is 8.38 Å². The van der Waals surface area contributed by atoms with Gasteiger partial charge >= 0.3 is 0 Å². The molecule has 1 aromatic rings. The fourth-order valence-corrected chi connectivity index (χ4v) is 4.32. The van der Waals surface area contributed by atoms with E-state index in [1.54, 1.807) is 0 Å². The van der Waals surface area contributed by atoms with Gasteiger partial charge in [-0.15, -0.1) is 0 Å². The molecule has 0 N–H and O–H groups in total. The minimum Gasteiger partial charge on any atom is -0.365 e. The first-order chi connectivity index (χ1) is 9.69. The average Bonchev–Trinajstić information content (AvgIpc) is 2.78. The first kappa shape index (κ1) is 15.8. The van der Waals surface area contributed by atoms with Crippen molar-refractivity contribution in [2.45, 2.75) is 52.6 Å². The number of para-hydroxylation sites is 1. The summed E-state index contributed by atoms with van der Waals surface area (Å²) in [6, 6.07) is 9.74. The lowest BCUT2D eigenvalue weighted by Gasteiger charge is -2.32. The van der Waals surface area contributed by atoms with E-state index in [0.717, 1.165) is 0 Å². The van der Waals surface area contributed by atoms with Gasteiger partial charge in [0.25, 0.3) is 0 Å². The third kappa shape index (κ3) is 3.33. The van der Waals surface area contributed by atoms with Crippen molar-refractivity contribution in [2.24, 2.45) is 0 Å². The van der Waals surface area contributed by atoms with Gasteiger partial charge in [-0.25, -0.2) is 0 Å². The minimum absolute atomic E-state index is 0.589. The second-order valence-corrected chi connectivity index (χ2v) is 6.78. The van der Waals surface area contributed by atoms with Crippen molar-refractivity contribution in [3.8, 4) is 0 Å². The number of rotatable bonds is 6. The first-order valence-corrected chi connectivity index (χ1v) is 8.80. The summed E-state index contributed by atoms with van der Waals surface area (Å²) in [7, 11) is -0.973. The van der Waals surface area contributed by atoms with E-state index >= 15 is 0 Å². The normalized spacial score (nSPS) is 22.8. The maximum atomic E-state index is 5.86. The van der Waals surface area contributed by atoms with Crippen LogP contribution in [0.5, 0.6) is 0 Å². The second-order valence-electron chi connectivity index (χ2n) is 5.26. The average molecular weight is 295 g/mol. The highest BCUT2D eigenvalue weighted by Crippen LogP contribution is 2.42. The first-order valence-electron chi connectivity index (χ1n) is 7.62. The van der Waals surface area contributed by atoms with Gasteiger partial charge in [-0.05, 0) is 52.7 Å². The van der Waals surface area contributed by atoms with Gasteiger partial charge in [-0.3, -0.25) is 0 Å². The Balaban J connectivity index is 2.33. The predicted octanol–water partition coefficient (Wildman–Crippen LogP) is 4.07. The standard InChI is InChI=1S/C16H26NO2P/c1-5-18-20(19-6-2)16-10-8-7-9-15(16)17-13(3)11-12-14(17)4/h7-10,13-14H,5-6,11-12H2,1-4H3/t13-,14-/m1/s1. The maximum Gasteiger partial charge on any atom is 0.207 e. The van der Waals surface area contributed by atoms with Crippen molar-refractivity contribution in [1.29, 1.82) is 0 Å². The van der Waals surface area contributed by atoms with E-state index in [-0.39, 0.29) is 0 Å². The molecule has 2 rings (SSSR count). The highest BCUT2D eigenvalue weighted by molar-refractivity contribution is 7.56. The summed E-state index contributed by atoms with van der Waals surface area (Å²) in [6.07, 6.45) is 2.52. The summed E-state index contributed by atoms with van der Waals surface area (Å²) in [5, 5.41) is 1.21. The summed E-state index contributed by atoms with van der Waals surface area (Å²) >= 11 is 0. The van der Waals surface area contributed by atoms with Gasteiger partial charge < -0.3 is 13.9 Å². The highest BCUT2D eigenvalue weighted by Gasteiger charge is 2.30. The lowest BCUT2D eigenvalue weighted by atomic mass is 10.2. The summed E-state index contributed by atoms with van der Waals surface area (Å²) in [4.78, 5) is 2.53. The van der Waals surface area contributed by atoms with E-state index < -0.39 is 8.38 Å². The molecule has 1 fully saturated rings. The van der Waals surface area contributed by atoms with Crippen LogP contribution in [-0.2, 0) is 9.05 Å². The molecule has 1 aliphatic heterocycles. The molecule has 1 heterocycles. The molecule has 0 aromatic heterocycles. The van der Waals surface area contributed by atoms with E-state index in [9.17, 15) is 0 Å². The van der Waals surface area contributed by atoms with Crippen LogP contribution >= 0.6 is 8.38 Å². The van der Waals surface area contributed by atoms with E-state index in [2.05, 4.69) is 43.0 Å². The second kappa shape index (κ2) is 7.40. The van der Waals surface area contributed by atoms with Gasteiger partial charge in [0, 0.05) is 17.8 Å². The third-order valence-electron chi connectivity index (χ3n) is 3.80. The van der Waals surface area contributed by atoms with Crippen LogP contribution in [0, 0.1) is 0 Å². The van der Waals surface area contributed by atoms with E-state index in [4.69, 9.17) is 9.05 Å². The molecule has 0 amide bonds. The van der Waals surface area contributed by atoms with Crippen LogP contribution in [0.1, 0.15) is 40.5 Å². The number of hydrogen-bond acceptors (Lipinski definition) is 3. The Morgan fingerprint density at radius 3 is 2.15 bits per heavy atom. The molecule has 0 spiro atoms. The Bertz CT molecular complexity index is 411. The molecule has 4 heteroatoms. The number of nitrogens with zero attached hydrogens (tertiary/aromatic N) is 1. The minimum atomic E-state index is -0.973. The zero-order chi connectivity index (χ0) is 14.5. The highest BCUT2D eigenvalue weighted by atomic mass is 31.2. The lowest BCUT2D eigenvalue weighted by molar-refractivity contribution is 0.277. The van der Waals surface area contributed by atoms with Crippen molar-refractivity contribution in [3.05, 3.63) is 24.3 Å². The molecule has 0 bridgehead atoms. The molecule has 20 heavy (non-hydrogen) atoms. The number of hydrogen-bond donors (Lipinski definition) is 0. The van der Waals surface area contributed by atoms with Crippen molar-refractivity contribution in [2.75, 3.05) is 18.1 Å². The third-order valence-corrected chi connectivity index (χ3v) is 5.56. The Kier molecular flexibility index (Phi) is 5.83. The molecule has 0 radical (unpaired) electrons. The van der Waals surface area contributed by atoms with Gasteiger partial charge in [0.15, 0.2) is 0 Å². The van der Waals surface area contributed by atoms with E-state index in [1.807, 2.05) is 13.8 Å². The summed E-state index contributed by atoms with van der Waals surface area (Å²) in [5.74, 6) is 0. The molecule has 1 aliphatic rings.